The Morgan fingerprint density at radius 3 is 2.50 bits per heavy atom. The van der Waals surface area contributed by atoms with E-state index >= 15 is 0 Å². The maximum Gasteiger partial charge on any atom is 0.262 e. The van der Waals surface area contributed by atoms with E-state index in [9.17, 15) is 13.2 Å². The smallest absolute Gasteiger partial charge is 0.262 e. The third kappa shape index (κ3) is 4.94. The molecular formula is C23H22N2O6S. The monoisotopic (exact) mass is 454 g/mol. The van der Waals surface area contributed by atoms with E-state index in [-0.39, 0.29) is 24.2 Å². The molecule has 0 spiro atoms. The van der Waals surface area contributed by atoms with Gasteiger partial charge in [0.25, 0.3) is 15.9 Å². The lowest BCUT2D eigenvalue weighted by Gasteiger charge is -2.12. The van der Waals surface area contributed by atoms with Gasteiger partial charge in [-0.25, -0.2) is 8.42 Å². The Morgan fingerprint density at radius 1 is 0.969 bits per heavy atom. The molecule has 0 radical (unpaired) electrons. The number of hydrogen-bond acceptors (Lipinski definition) is 6. The van der Waals surface area contributed by atoms with Gasteiger partial charge in [-0.15, -0.1) is 0 Å². The molecule has 4 rings (SSSR count). The Balaban J connectivity index is 1.35. The number of benzene rings is 3. The SMILES string of the molecule is Cc1ccc(C)c(NS(=O)(=O)c2ccc(OCC(=O)Nc3ccc4c(c3)OCO4)cc2)c1. The van der Waals surface area contributed by atoms with Crippen molar-refractivity contribution in [2.75, 3.05) is 23.4 Å². The topological polar surface area (TPSA) is 103 Å². The van der Waals surface area contributed by atoms with Crippen LogP contribution in [0.25, 0.3) is 0 Å². The lowest BCUT2D eigenvalue weighted by Crippen LogP contribution is -2.20. The van der Waals surface area contributed by atoms with Crippen molar-refractivity contribution in [1.29, 1.82) is 0 Å². The summed E-state index contributed by atoms with van der Waals surface area (Å²) in [7, 11) is -3.75. The number of rotatable bonds is 7. The molecular weight excluding hydrogens is 432 g/mol. The van der Waals surface area contributed by atoms with Crippen molar-refractivity contribution < 1.29 is 27.4 Å². The maximum absolute atomic E-state index is 12.7. The van der Waals surface area contributed by atoms with Gasteiger partial charge in [-0.05, 0) is 67.4 Å². The zero-order valence-corrected chi connectivity index (χ0v) is 18.4. The second kappa shape index (κ2) is 8.80. The molecule has 0 bridgehead atoms. The van der Waals surface area contributed by atoms with Crippen molar-refractivity contribution in [2.45, 2.75) is 18.7 Å². The Hall–Kier alpha value is -3.72. The molecule has 3 aromatic rings. The lowest BCUT2D eigenvalue weighted by atomic mass is 10.1. The summed E-state index contributed by atoms with van der Waals surface area (Å²) >= 11 is 0. The minimum atomic E-state index is -3.75. The summed E-state index contributed by atoms with van der Waals surface area (Å²) < 4.78 is 44.0. The number of anilines is 2. The van der Waals surface area contributed by atoms with Gasteiger partial charge in [0.2, 0.25) is 6.79 Å². The predicted octanol–water partition coefficient (Wildman–Crippen LogP) is 3.85. The molecule has 1 aliphatic rings. The molecule has 1 aliphatic heterocycles. The molecule has 0 aromatic heterocycles. The summed E-state index contributed by atoms with van der Waals surface area (Å²) in [4.78, 5) is 12.3. The fourth-order valence-corrected chi connectivity index (χ4v) is 4.21. The van der Waals surface area contributed by atoms with Crippen molar-refractivity contribution in [1.82, 2.24) is 0 Å². The normalized spacial score (nSPS) is 12.3. The fourth-order valence-electron chi connectivity index (χ4n) is 3.08. The number of amides is 1. The van der Waals surface area contributed by atoms with E-state index in [0.717, 1.165) is 11.1 Å². The molecule has 9 heteroatoms. The van der Waals surface area contributed by atoms with E-state index < -0.39 is 10.0 Å². The number of aryl methyl sites for hydroxylation is 2. The first kappa shape index (κ1) is 21.5. The van der Waals surface area contributed by atoms with Crippen molar-refractivity contribution >= 4 is 27.3 Å². The first-order chi connectivity index (χ1) is 15.3. The van der Waals surface area contributed by atoms with E-state index in [2.05, 4.69) is 10.0 Å². The standard InChI is InChI=1S/C23H22N2O6S/c1-15-3-4-16(2)20(11-15)25-32(27,28)19-8-6-18(7-9-19)29-13-23(26)24-17-5-10-21-22(12-17)31-14-30-21/h3-12,25H,13-14H2,1-2H3,(H,24,26). The van der Waals surface area contributed by atoms with Crippen LogP contribution in [-0.2, 0) is 14.8 Å². The minimum Gasteiger partial charge on any atom is -0.484 e. The van der Waals surface area contributed by atoms with Gasteiger partial charge < -0.3 is 19.5 Å². The van der Waals surface area contributed by atoms with Crippen LogP contribution in [0.5, 0.6) is 17.2 Å². The highest BCUT2D eigenvalue weighted by Crippen LogP contribution is 2.34. The summed E-state index contributed by atoms with van der Waals surface area (Å²) in [5, 5.41) is 2.71. The van der Waals surface area contributed by atoms with Crippen LogP contribution in [-0.4, -0.2) is 27.7 Å². The summed E-state index contributed by atoms with van der Waals surface area (Å²) in [6, 6.07) is 16.5. The molecule has 0 fully saturated rings. The molecule has 2 N–H and O–H groups in total. The Kier molecular flexibility index (Phi) is 5.91. The van der Waals surface area contributed by atoms with E-state index in [0.29, 0.717) is 28.6 Å². The third-order valence-corrected chi connectivity index (χ3v) is 6.18. The van der Waals surface area contributed by atoms with E-state index in [1.54, 1.807) is 24.3 Å². The number of hydrogen-bond donors (Lipinski definition) is 2. The molecule has 8 nitrogen and oxygen atoms in total. The third-order valence-electron chi connectivity index (χ3n) is 4.80. The quantitative estimate of drug-likeness (QED) is 0.562. The van der Waals surface area contributed by atoms with Gasteiger partial charge in [0, 0.05) is 11.8 Å². The molecule has 0 aliphatic carbocycles. The number of carbonyl (C=O) groups excluding carboxylic acids is 1. The number of fused-ring (bicyclic) bond motifs is 1. The highest BCUT2D eigenvalue weighted by atomic mass is 32.2. The number of ether oxygens (including phenoxy) is 3. The second-order valence-electron chi connectivity index (χ2n) is 7.30. The van der Waals surface area contributed by atoms with Crippen LogP contribution >= 0.6 is 0 Å². The van der Waals surface area contributed by atoms with Crippen molar-refractivity contribution in [2.24, 2.45) is 0 Å². The number of sulfonamides is 1. The van der Waals surface area contributed by atoms with Crippen LogP contribution in [0.3, 0.4) is 0 Å². The van der Waals surface area contributed by atoms with Gasteiger partial charge in [-0.2, -0.15) is 0 Å². The van der Waals surface area contributed by atoms with Gasteiger partial charge in [0.05, 0.1) is 10.6 Å². The number of carbonyl (C=O) groups is 1. The van der Waals surface area contributed by atoms with Crippen LogP contribution in [0.4, 0.5) is 11.4 Å². The molecule has 166 valence electrons. The highest BCUT2D eigenvalue weighted by Gasteiger charge is 2.16. The average molecular weight is 455 g/mol. The van der Waals surface area contributed by atoms with E-state index in [1.165, 1.54) is 24.3 Å². The highest BCUT2D eigenvalue weighted by molar-refractivity contribution is 7.92. The molecule has 1 heterocycles. The van der Waals surface area contributed by atoms with Crippen LogP contribution in [0, 0.1) is 13.8 Å². The van der Waals surface area contributed by atoms with Crippen molar-refractivity contribution in [3.8, 4) is 17.2 Å². The molecule has 32 heavy (non-hydrogen) atoms. The molecule has 0 saturated heterocycles. The Bertz CT molecular complexity index is 1260. The first-order valence-corrected chi connectivity index (χ1v) is 11.3. The largest absolute Gasteiger partial charge is 0.484 e. The molecule has 0 unspecified atom stereocenters. The Labute approximate surface area is 186 Å². The zero-order valence-electron chi connectivity index (χ0n) is 17.5. The van der Waals surface area contributed by atoms with Crippen LogP contribution in [0.1, 0.15) is 11.1 Å². The van der Waals surface area contributed by atoms with Gasteiger partial charge in [-0.3, -0.25) is 9.52 Å². The van der Waals surface area contributed by atoms with E-state index in [1.807, 2.05) is 26.0 Å². The number of nitrogens with one attached hydrogen (secondary N) is 2. The molecule has 3 aromatic carbocycles. The van der Waals surface area contributed by atoms with Crippen LogP contribution in [0.15, 0.2) is 65.6 Å². The van der Waals surface area contributed by atoms with Gasteiger partial charge in [0.1, 0.15) is 5.75 Å². The fraction of sp³-hybridized carbons (Fsp3) is 0.174. The maximum atomic E-state index is 12.7. The summed E-state index contributed by atoms with van der Waals surface area (Å²) in [5.74, 6) is 1.20. The summed E-state index contributed by atoms with van der Waals surface area (Å²) in [5.41, 5.74) is 2.87. The molecule has 0 atom stereocenters. The molecule has 1 amide bonds. The van der Waals surface area contributed by atoms with Crippen molar-refractivity contribution in [3.05, 3.63) is 71.8 Å². The zero-order chi connectivity index (χ0) is 22.7. The first-order valence-electron chi connectivity index (χ1n) is 9.83. The summed E-state index contributed by atoms with van der Waals surface area (Å²) in [6.45, 7) is 3.65. The summed E-state index contributed by atoms with van der Waals surface area (Å²) in [6.07, 6.45) is 0. The van der Waals surface area contributed by atoms with E-state index in [4.69, 9.17) is 14.2 Å². The van der Waals surface area contributed by atoms with Crippen LogP contribution in [0.2, 0.25) is 0 Å². The predicted molar refractivity (Wildman–Crippen MR) is 120 cm³/mol. The molecule has 0 saturated carbocycles. The van der Waals surface area contributed by atoms with Gasteiger partial charge in [-0.1, -0.05) is 12.1 Å². The minimum absolute atomic E-state index is 0.0931. The lowest BCUT2D eigenvalue weighted by molar-refractivity contribution is -0.118. The Morgan fingerprint density at radius 2 is 1.72 bits per heavy atom. The second-order valence-corrected chi connectivity index (χ2v) is 8.98. The van der Waals surface area contributed by atoms with Crippen molar-refractivity contribution in [3.63, 3.8) is 0 Å². The van der Waals surface area contributed by atoms with Crippen LogP contribution < -0.4 is 24.2 Å². The van der Waals surface area contributed by atoms with Gasteiger partial charge in [0.15, 0.2) is 18.1 Å². The average Bonchev–Trinajstić information content (AvgIpc) is 3.23. The van der Waals surface area contributed by atoms with Gasteiger partial charge >= 0.3 is 0 Å².